The van der Waals surface area contributed by atoms with Crippen molar-refractivity contribution in [2.24, 2.45) is 0 Å². The summed E-state index contributed by atoms with van der Waals surface area (Å²) in [6.07, 6.45) is 1.45. The zero-order valence-electron chi connectivity index (χ0n) is 19.5. The number of hydrogen-bond acceptors (Lipinski definition) is 5. The molecule has 4 aromatic rings. The molecule has 0 saturated heterocycles. The highest BCUT2D eigenvalue weighted by molar-refractivity contribution is 5.94. The number of imidazole rings is 1. The molecule has 0 aliphatic rings. The molecule has 0 radical (unpaired) electrons. The number of aryl methyl sites for hydroxylation is 1. The first-order valence-corrected chi connectivity index (χ1v) is 11.3. The van der Waals surface area contributed by atoms with E-state index in [4.69, 9.17) is 19.2 Å². The Morgan fingerprint density at radius 2 is 1.68 bits per heavy atom. The van der Waals surface area contributed by atoms with Gasteiger partial charge >= 0.3 is 0 Å². The van der Waals surface area contributed by atoms with E-state index in [9.17, 15) is 4.79 Å². The molecule has 7 nitrogen and oxygen atoms in total. The first-order chi connectivity index (χ1) is 16.7. The van der Waals surface area contributed by atoms with Gasteiger partial charge in [-0.3, -0.25) is 4.79 Å². The van der Waals surface area contributed by atoms with E-state index in [1.165, 1.54) is 0 Å². The molecule has 0 fully saturated rings. The van der Waals surface area contributed by atoms with E-state index in [2.05, 4.69) is 16.0 Å². The zero-order valence-corrected chi connectivity index (χ0v) is 19.5. The first kappa shape index (κ1) is 23.2. The molecule has 3 aromatic carbocycles. The molecule has 1 aromatic heterocycles. The summed E-state index contributed by atoms with van der Waals surface area (Å²) in [6, 6.07) is 22.8. The average Bonchev–Trinajstić information content (AvgIpc) is 3.24. The zero-order chi connectivity index (χ0) is 23.8. The lowest BCUT2D eigenvalue weighted by Crippen LogP contribution is -2.26. The molecule has 0 unspecified atom stereocenters. The third-order valence-corrected chi connectivity index (χ3v) is 5.56. The molecule has 0 aliphatic carbocycles. The van der Waals surface area contributed by atoms with Gasteiger partial charge in [-0.15, -0.1) is 0 Å². The van der Waals surface area contributed by atoms with Gasteiger partial charge in [-0.2, -0.15) is 0 Å². The van der Waals surface area contributed by atoms with Gasteiger partial charge in [0.15, 0.2) is 0 Å². The summed E-state index contributed by atoms with van der Waals surface area (Å²) in [5.74, 6) is 3.11. The fourth-order valence-corrected chi connectivity index (χ4v) is 3.80. The van der Waals surface area contributed by atoms with Gasteiger partial charge in [0.05, 0.1) is 31.9 Å². The Hall–Kier alpha value is -4.00. The van der Waals surface area contributed by atoms with Crippen LogP contribution in [0.1, 0.15) is 22.6 Å². The number of nitrogens with zero attached hydrogens (tertiary/aromatic N) is 2. The Labute approximate surface area is 199 Å². The number of hydrogen-bond donors (Lipinski definition) is 1. The van der Waals surface area contributed by atoms with Crippen LogP contribution in [0.4, 0.5) is 0 Å². The van der Waals surface area contributed by atoms with Crippen molar-refractivity contribution < 1.29 is 19.0 Å². The number of rotatable bonds is 11. The summed E-state index contributed by atoms with van der Waals surface area (Å²) in [7, 11) is 3.25. The molecule has 4 rings (SSSR count). The van der Waals surface area contributed by atoms with Crippen molar-refractivity contribution in [2.75, 3.05) is 27.4 Å². The van der Waals surface area contributed by atoms with E-state index < -0.39 is 0 Å². The largest absolute Gasteiger partial charge is 0.497 e. The van der Waals surface area contributed by atoms with Crippen LogP contribution >= 0.6 is 0 Å². The SMILES string of the molecule is COc1ccc(C(=O)NCCc2nc3ccccc3n2CCCOc2cccc(OC)c2)cc1. The Kier molecular flexibility index (Phi) is 7.65. The minimum absolute atomic E-state index is 0.114. The normalized spacial score (nSPS) is 10.8. The van der Waals surface area contributed by atoms with Crippen molar-refractivity contribution in [2.45, 2.75) is 19.4 Å². The maximum Gasteiger partial charge on any atom is 0.251 e. The molecule has 0 aliphatic heterocycles. The number of para-hydroxylation sites is 2. The quantitative estimate of drug-likeness (QED) is 0.335. The summed E-state index contributed by atoms with van der Waals surface area (Å²) in [6.45, 7) is 1.84. The number of benzene rings is 3. The molecule has 0 spiro atoms. The molecule has 0 atom stereocenters. The molecule has 0 bridgehead atoms. The van der Waals surface area contributed by atoms with Gasteiger partial charge in [0, 0.05) is 31.1 Å². The smallest absolute Gasteiger partial charge is 0.251 e. The van der Waals surface area contributed by atoms with Crippen LogP contribution in [0.5, 0.6) is 17.2 Å². The number of carbonyl (C=O) groups excluding carboxylic acids is 1. The number of methoxy groups -OCH3 is 2. The molecular formula is C27H29N3O4. The molecule has 0 saturated carbocycles. The Bertz CT molecular complexity index is 1230. The summed E-state index contributed by atoms with van der Waals surface area (Å²) in [5, 5.41) is 2.99. The van der Waals surface area contributed by atoms with E-state index in [1.54, 1.807) is 38.5 Å². The van der Waals surface area contributed by atoms with Gasteiger partial charge in [-0.25, -0.2) is 4.98 Å². The van der Waals surface area contributed by atoms with Gasteiger partial charge in [-0.1, -0.05) is 18.2 Å². The lowest BCUT2D eigenvalue weighted by atomic mass is 10.2. The topological polar surface area (TPSA) is 74.6 Å². The first-order valence-electron chi connectivity index (χ1n) is 11.3. The van der Waals surface area contributed by atoms with Crippen LogP contribution in [0, 0.1) is 0 Å². The van der Waals surface area contributed by atoms with Crippen molar-refractivity contribution in [3.63, 3.8) is 0 Å². The highest BCUT2D eigenvalue weighted by Crippen LogP contribution is 2.20. The van der Waals surface area contributed by atoms with Crippen molar-refractivity contribution in [3.8, 4) is 17.2 Å². The third kappa shape index (κ3) is 5.67. The minimum atomic E-state index is -0.114. The number of carbonyl (C=O) groups is 1. The van der Waals surface area contributed by atoms with Crippen molar-refractivity contribution in [1.29, 1.82) is 0 Å². The van der Waals surface area contributed by atoms with E-state index in [-0.39, 0.29) is 5.91 Å². The molecule has 7 heteroatoms. The summed E-state index contributed by atoms with van der Waals surface area (Å²) >= 11 is 0. The van der Waals surface area contributed by atoms with Crippen LogP contribution in [-0.4, -0.2) is 42.8 Å². The molecular weight excluding hydrogens is 430 g/mol. The van der Waals surface area contributed by atoms with Gasteiger partial charge < -0.3 is 24.1 Å². The molecule has 1 amide bonds. The Balaban J connectivity index is 1.36. The average molecular weight is 460 g/mol. The second kappa shape index (κ2) is 11.2. The van der Waals surface area contributed by atoms with Crippen molar-refractivity contribution in [3.05, 3.63) is 84.2 Å². The lowest BCUT2D eigenvalue weighted by Gasteiger charge is -2.11. The van der Waals surface area contributed by atoms with Gasteiger partial charge in [0.25, 0.3) is 5.91 Å². The maximum atomic E-state index is 12.5. The van der Waals surface area contributed by atoms with Crippen LogP contribution in [-0.2, 0) is 13.0 Å². The second-order valence-electron chi connectivity index (χ2n) is 7.78. The number of ether oxygens (including phenoxy) is 3. The highest BCUT2D eigenvalue weighted by atomic mass is 16.5. The fraction of sp³-hybridized carbons (Fsp3) is 0.259. The predicted molar refractivity (Wildman–Crippen MR) is 132 cm³/mol. The fourth-order valence-electron chi connectivity index (χ4n) is 3.80. The minimum Gasteiger partial charge on any atom is -0.497 e. The number of aromatic nitrogens is 2. The van der Waals surface area contributed by atoms with E-state index in [0.717, 1.165) is 47.1 Å². The predicted octanol–water partition coefficient (Wildman–Crippen LogP) is 4.50. The van der Waals surface area contributed by atoms with E-state index in [1.807, 2.05) is 42.5 Å². The monoisotopic (exact) mass is 459 g/mol. The molecule has 1 N–H and O–H groups in total. The number of nitrogens with one attached hydrogen (secondary N) is 1. The molecule has 176 valence electrons. The van der Waals surface area contributed by atoms with E-state index in [0.29, 0.717) is 25.1 Å². The Morgan fingerprint density at radius 3 is 2.47 bits per heavy atom. The van der Waals surface area contributed by atoms with Crippen LogP contribution < -0.4 is 19.5 Å². The lowest BCUT2D eigenvalue weighted by molar-refractivity contribution is 0.0954. The van der Waals surface area contributed by atoms with Crippen LogP contribution in [0.15, 0.2) is 72.8 Å². The van der Waals surface area contributed by atoms with Gasteiger partial charge in [0.2, 0.25) is 0 Å². The highest BCUT2D eigenvalue weighted by Gasteiger charge is 2.12. The van der Waals surface area contributed by atoms with Crippen molar-refractivity contribution in [1.82, 2.24) is 14.9 Å². The molecule has 1 heterocycles. The summed E-state index contributed by atoms with van der Waals surface area (Å²) < 4.78 is 18.5. The van der Waals surface area contributed by atoms with Crippen LogP contribution in [0.25, 0.3) is 11.0 Å². The van der Waals surface area contributed by atoms with Crippen molar-refractivity contribution >= 4 is 16.9 Å². The second-order valence-corrected chi connectivity index (χ2v) is 7.78. The standard InChI is InChI=1S/C27H29N3O4/c1-32-21-13-11-20(12-14-21)27(31)28-16-15-26-29-24-9-3-4-10-25(24)30(26)17-6-18-34-23-8-5-7-22(19-23)33-2/h3-5,7-14,19H,6,15-18H2,1-2H3,(H,28,31). The number of fused-ring (bicyclic) bond motifs is 1. The van der Waals surface area contributed by atoms with Gasteiger partial charge in [-0.05, 0) is 55.0 Å². The van der Waals surface area contributed by atoms with E-state index >= 15 is 0 Å². The summed E-state index contributed by atoms with van der Waals surface area (Å²) in [4.78, 5) is 17.3. The molecule has 34 heavy (non-hydrogen) atoms. The summed E-state index contributed by atoms with van der Waals surface area (Å²) in [5.41, 5.74) is 2.64. The maximum absolute atomic E-state index is 12.5. The van der Waals surface area contributed by atoms with Gasteiger partial charge in [0.1, 0.15) is 23.1 Å². The van der Waals surface area contributed by atoms with Crippen LogP contribution in [0.3, 0.4) is 0 Å². The van der Waals surface area contributed by atoms with Crippen LogP contribution in [0.2, 0.25) is 0 Å². The number of amides is 1. The Morgan fingerprint density at radius 1 is 0.912 bits per heavy atom. The third-order valence-electron chi connectivity index (χ3n) is 5.56.